The van der Waals surface area contributed by atoms with Crippen LogP contribution >= 0.6 is 0 Å². The first kappa shape index (κ1) is 14.1. The number of hydrogen-bond donors (Lipinski definition) is 1. The van der Waals surface area contributed by atoms with Crippen molar-refractivity contribution in [1.82, 2.24) is 9.71 Å². The van der Waals surface area contributed by atoms with E-state index < -0.39 is 21.9 Å². The van der Waals surface area contributed by atoms with Gasteiger partial charge >= 0.3 is 0 Å². The highest BCUT2D eigenvalue weighted by Gasteiger charge is 2.24. The molecule has 5 nitrogen and oxygen atoms in total. The molecule has 0 amide bonds. The lowest BCUT2D eigenvalue weighted by molar-refractivity contribution is 0.557. The molecule has 0 aliphatic carbocycles. The first-order chi connectivity index (χ1) is 9.54. The van der Waals surface area contributed by atoms with Gasteiger partial charge in [0.15, 0.2) is 6.04 Å². The highest BCUT2D eigenvalue weighted by molar-refractivity contribution is 7.89. The van der Waals surface area contributed by atoms with Crippen LogP contribution in [-0.2, 0) is 10.0 Å². The second kappa shape index (κ2) is 5.77. The summed E-state index contributed by atoms with van der Waals surface area (Å²) in [4.78, 5) is 3.70. The van der Waals surface area contributed by atoms with Gasteiger partial charge in [0.05, 0.1) is 11.0 Å². The van der Waals surface area contributed by atoms with E-state index >= 15 is 0 Å². The SMILES string of the molecule is N#CC(NS(=O)(=O)c1ccccc1)c1ncccc1F. The number of sulfonamides is 1. The highest BCUT2D eigenvalue weighted by atomic mass is 32.2. The molecule has 0 aliphatic heterocycles. The van der Waals surface area contributed by atoms with E-state index in [4.69, 9.17) is 5.26 Å². The predicted octanol–water partition coefficient (Wildman–Crippen LogP) is 1.76. The van der Waals surface area contributed by atoms with E-state index in [0.717, 1.165) is 6.07 Å². The molecule has 0 aliphatic rings. The van der Waals surface area contributed by atoms with Crippen molar-refractivity contribution in [1.29, 1.82) is 5.26 Å². The van der Waals surface area contributed by atoms with Crippen molar-refractivity contribution >= 4 is 10.0 Å². The van der Waals surface area contributed by atoms with Crippen molar-refractivity contribution in [2.45, 2.75) is 10.9 Å². The Bertz CT molecular complexity index is 742. The summed E-state index contributed by atoms with van der Waals surface area (Å²) >= 11 is 0. The molecule has 7 heteroatoms. The topological polar surface area (TPSA) is 82.9 Å². The third-order valence-electron chi connectivity index (χ3n) is 2.52. The van der Waals surface area contributed by atoms with Crippen molar-refractivity contribution < 1.29 is 12.8 Å². The lowest BCUT2D eigenvalue weighted by Crippen LogP contribution is -2.29. The summed E-state index contributed by atoms with van der Waals surface area (Å²) in [6.07, 6.45) is 1.29. The van der Waals surface area contributed by atoms with Gasteiger partial charge in [0.1, 0.15) is 11.5 Å². The minimum atomic E-state index is -3.92. The van der Waals surface area contributed by atoms with Gasteiger partial charge in [-0.25, -0.2) is 12.8 Å². The summed E-state index contributed by atoms with van der Waals surface area (Å²) in [5.74, 6) is -0.741. The molecule has 102 valence electrons. The van der Waals surface area contributed by atoms with Gasteiger partial charge in [-0.15, -0.1) is 0 Å². The van der Waals surface area contributed by atoms with Gasteiger partial charge in [-0.2, -0.15) is 9.98 Å². The van der Waals surface area contributed by atoms with Gasteiger partial charge in [0.2, 0.25) is 10.0 Å². The number of nitriles is 1. The van der Waals surface area contributed by atoms with Crippen LogP contribution in [0.1, 0.15) is 11.7 Å². The fourth-order valence-electron chi connectivity index (χ4n) is 1.58. The fourth-order valence-corrected chi connectivity index (χ4v) is 2.70. The van der Waals surface area contributed by atoms with Crippen LogP contribution in [0.25, 0.3) is 0 Å². The maximum Gasteiger partial charge on any atom is 0.242 e. The minimum absolute atomic E-state index is 0.00316. The van der Waals surface area contributed by atoms with Crippen LogP contribution in [0.15, 0.2) is 53.6 Å². The number of nitrogens with zero attached hydrogens (tertiary/aromatic N) is 2. The molecule has 2 rings (SSSR count). The van der Waals surface area contributed by atoms with Gasteiger partial charge in [-0.05, 0) is 24.3 Å². The van der Waals surface area contributed by atoms with Crippen LogP contribution in [0.3, 0.4) is 0 Å². The third kappa shape index (κ3) is 2.99. The van der Waals surface area contributed by atoms with Gasteiger partial charge in [-0.3, -0.25) is 4.98 Å². The molecule has 1 aromatic carbocycles. The van der Waals surface area contributed by atoms with Crippen molar-refractivity contribution in [3.8, 4) is 6.07 Å². The lowest BCUT2D eigenvalue weighted by atomic mass is 10.2. The van der Waals surface area contributed by atoms with Gasteiger partial charge in [-0.1, -0.05) is 18.2 Å². The van der Waals surface area contributed by atoms with Gasteiger partial charge < -0.3 is 0 Å². The Morgan fingerprint density at radius 3 is 2.50 bits per heavy atom. The largest absolute Gasteiger partial charge is 0.255 e. The van der Waals surface area contributed by atoms with Crippen LogP contribution in [-0.4, -0.2) is 13.4 Å². The van der Waals surface area contributed by atoms with Crippen LogP contribution in [0.5, 0.6) is 0 Å². The summed E-state index contributed by atoms with van der Waals surface area (Å²) < 4.78 is 39.8. The average molecular weight is 291 g/mol. The molecule has 0 bridgehead atoms. The maximum atomic E-state index is 13.6. The normalized spacial score (nSPS) is 12.6. The zero-order valence-corrected chi connectivity index (χ0v) is 11.0. The van der Waals surface area contributed by atoms with Crippen LogP contribution in [0.2, 0.25) is 0 Å². The van der Waals surface area contributed by atoms with E-state index in [2.05, 4.69) is 9.71 Å². The fraction of sp³-hybridized carbons (Fsp3) is 0.0769. The second-order valence-electron chi connectivity index (χ2n) is 3.87. The van der Waals surface area contributed by atoms with Crippen molar-refractivity contribution in [3.63, 3.8) is 0 Å². The highest BCUT2D eigenvalue weighted by Crippen LogP contribution is 2.17. The lowest BCUT2D eigenvalue weighted by Gasteiger charge is -2.12. The molecule has 0 saturated carbocycles. The molecule has 1 N–H and O–H groups in total. The Balaban J connectivity index is 2.33. The van der Waals surface area contributed by atoms with Crippen molar-refractivity contribution in [3.05, 3.63) is 60.2 Å². The second-order valence-corrected chi connectivity index (χ2v) is 5.58. The molecule has 0 radical (unpaired) electrons. The number of halogens is 1. The van der Waals surface area contributed by atoms with E-state index in [1.54, 1.807) is 24.3 Å². The summed E-state index contributed by atoms with van der Waals surface area (Å²) in [7, 11) is -3.92. The Morgan fingerprint density at radius 2 is 1.90 bits per heavy atom. The predicted molar refractivity (Wildman–Crippen MR) is 69.3 cm³/mol. The molecule has 1 aromatic heterocycles. The molecule has 20 heavy (non-hydrogen) atoms. The molecular formula is C13H10FN3O2S. The number of pyridine rings is 1. The monoisotopic (exact) mass is 291 g/mol. The quantitative estimate of drug-likeness (QED) is 0.930. The number of nitrogens with one attached hydrogen (secondary N) is 1. The summed E-state index contributed by atoms with van der Waals surface area (Å²) in [5.41, 5.74) is -0.255. The van der Waals surface area contributed by atoms with Gasteiger partial charge in [0, 0.05) is 6.20 Å². The zero-order valence-electron chi connectivity index (χ0n) is 10.2. The molecular weight excluding hydrogens is 281 g/mol. The molecule has 2 aromatic rings. The van der Waals surface area contributed by atoms with Crippen LogP contribution < -0.4 is 4.72 Å². The van der Waals surface area contributed by atoms with Gasteiger partial charge in [0.25, 0.3) is 0 Å². The van der Waals surface area contributed by atoms with Crippen LogP contribution in [0.4, 0.5) is 4.39 Å². The molecule has 1 atom stereocenters. The smallest absolute Gasteiger partial charge is 0.242 e. The Morgan fingerprint density at radius 1 is 1.20 bits per heavy atom. The van der Waals surface area contributed by atoms with Crippen molar-refractivity contribution in [2.24, 2.45) is 0 Å². The number of rotatable bonds is 4. The van der Waals surface area contributed by atoms with Crippen molar-refractivity contribution in [2.75, 3.05) is 0 Å². The Hall–Kier alpha value is -2.30. The Kier molecular flexibility index (Phi) is 4.08. The summed E-state index contributed by atoms with van der Waals surface area (Å²) in [6, 6.07) is 10.3. The number of aromatic nitrogens is 1. The van der Waals surface area contributed by atoms with E-state index in [1.165, 1.54) is 24.4 Å². The molecule has 0 spiro atoms. The van der Waals surface area contributed by atoms with Crippen LogP contribution in [0, 0.1) is 17.1 Å². The molecule has 0 saturated heterocycles. The third-order valence-corrected chi connectivity index (χ3v) is 3.95. The molecule has 0 fully saturated rings. The number of benzene rings is 1. The summed E-state index contributed by atoms with van der Waals surface area (Å²) in [5, 5.41) is 9.03. The molecule has 1 heterocycles. The minimum Gasteiger partial charge on any atom is -0.255 e. The maximum absolute atomic E-state index is 13.6. The van der Waals surface area contributed by atoms with E-state index in [-0.39, 0.29) is 10.6 Å². The first-order valence-corrected chi connectivity index (χ1v) is 7.10. The average Bonchev–Trinajstić information content (AvgIpc) is 2.46. The van der Waals surface area contributed by atoms with E-state index in [1.807, 2.05) is 0 Å². The first-order valence-electron chi connectivity index (χ1n) is 5.62. The number of hydrogen-bond acceptors (Lipinski definition) is 4. The van der Waals surface area contributed by atoms with E-state index in [0.29, 0.717) is 0 Å². The zero-order chi connectivity index (χ0) is 14.6. The summed E-state index contributed by atoms with van der Waals surface area (Å²) in [6.45, 7) is 0. The standard InChI is InChI=1S/C13H10FN3O2S/c14-11-7-4-8-16-13(11)12(9-15)17-20(18,19)10-5-2-1-3-6-10/h1-8,12,17H. The Labute approximate surface area is 115 Å². The van der Waals surface area contributed by atoms with E-state index in [9.17, 15) is 12.8 Å². The molecule has 1 unspecified atom stereocenters.